The van der Waals surface area contributed by atoms with E-state index in [4.69, 9.17) is 23.2 Å². The molecule has 2 aromatic rings. The molecular weight excluding hydrogens is 305 g/mol. The predicted molar refractivity (Wildman–Crippen MR) is 88.1 cm³/mol. The highest BCUT2D eigenvalue weighted by atomic mass is 35.5. The van der Waals surface area contributed by atoms with Crippen LogP contribution in [-0.4, -0.2) is 17.2 Å². The normalized spacial score (nSPS) is 12.4. The Labute approximate surface area is 135 Å². The van der Waals surface area contributed by atoms with Gasteiger partial charge in [0, 0.05) is 16.1 Å². The molecule has 0 spiro atoms. The smallest absolute Gasteiger partial charge is 0.0676 e. The molecular formula is C16H19Cl2N3. The molecule has 0 aliphatic heterocycles. The van der Waals surface area contributed by atoms with Crippen molar-refractivity contribution in [1.82, 2.24) is 15.5 Å². The lowest BCUT2D eigenvalue weighted by Crippen LogP contribution is -2.21. The molecule has 1 atom stereocenters. The second kappa shape index (κ2) is 7.21. The van der Waals surface area contributed by atoms with Gasteiger partial charge in [0.15, 0.2) is 0 Å². The van der Waals surface area contributed by atoms with Crippen LogP contribution in [0, 0.1) is 6.92 Å². The molecule has 0 amide bonds. The zero-order chi connectivity index (χ0) is 15.4. The van der Waals surface area contributed by atoms with Gasteiger partial charge in [-0.1, -0.05) is 36.2 Å². The van der Waals surface area contributed by atoms with Crippen LogP contribution < -0.4 is 5.32 Å². The summed E-state index contributed by atoms with van der Waals surface area (Å²) in [5.74, 6) is 0. The highest BCUT2D eigenvalue weighted by molar-refractivity contribution is 6.35. The molecule has 1 aromatic heterocycles. The van der Waals surface area contributed by atoms with Crippen molar-refractivity contribution in [2.75, 3.05) is 7.05 Å². The number of hydrogen-bond donors (Lipinski definition) is 1. The summed E-state index contributed by atoms with van der Waals surface area (Å²) in [6.45, 7) is 4.04. The molecule has 0 aliphatic rings. The van der Waals surface area contributed by atoms with Gasteiger partial charge in [0.05, 0.1) is 11.4 Å². The fraction of sp³-hybridized carbons (Fsp3) is 0.375. The summed E-state index contributed by atoms with van der Waals surface area (Å²) in [4.78, 5) is 0. The lowest BCUT2D eigenvalue weighted by Gasteiger charge is -2.20. The Bertz CT molecular complexity index is 629. The van der Waals surface area contributed by atoms with Crippen LogP contribution in [0.3, 0.4) is 0 Å². The van der Waals surface area contributed by atoms with E-state index in [1.165, 1.54) is 5.56 Å². The minimum Gasteiger partial charge on any atom is -0.313 e. The molecule has 2 rings (SSSR count). The third-order valence-corrected chi connectivity index (χ3v) is 4.11. The first-order valence-electron chi connectivity index (χ1n) is 6.99. The topological polar surface area (TPSA) is 37.8 Å². The van der Waals surface area contributed by atoms with Gasteiger partial charge in [0.1, 0.15) is 0 Å². The van der Waals surface area contributed by atoms with E-state index in [-0.39, 0.29) is 6.04 Å². The summed E-state index contributed by atoms with van der Waals surface area (Å²) in [5.41, 5.74) is 4.19. The van der Waals surface area contributed by atoms with Crippen molar-refractivity contribution in [3.63, 3.8) is 0 Å². The lowest BCUT2D eigenvalue weighted by atomic mass is 9.96. The zero-order valence-electron chi connectivity index (χ0n) is 12.5. The maximum absolute atomic E-state index is 6.28. The Morgan fingerprint density at radius 2 is 1.95 bits per heavy atom. The van der Waals surface area contributed by atoms with Crippen molar-refractivity contribution in [3.8, 4) is 0 Å². The van der Waals surface area contributed by atoms with E-state index < -0.39 is 0 Å². The molecule has 0 saturated carbocycles. The number of halogens is 2. The minimum atomic E-state index is 0.146. The first kappa shape index (κ1) is 16.2. The molecule has 112 valence electrons. The number of rotatable bonds is 5. The molecule has 0 saturated heterocycles. The maximum atomic E-state index is 6.28. The Hall–Kier alpha value is -1.16. The van der Waals surface area contributed by atoms with Crippen LogP contribution in [0.25, 0.3) is 0 Å². The van der Waals surface area contributed by atoms with Gasteiger partial charge < -0.3 is 5.32 Å². The number of nitrogens with zero attached hydrogens (tertiary/aromatic N) is 2. The van der Waals surface area contributed by atoms with Crippen molar-refractivity contribution < 1.29 is 0 Å². The SMILES string of the molecule is CCc1nnc(C)cc1C(Cc1ccc(Cl)cc1Cl)NC. The molecule has 21 heavy (non-hydrogen) atoms. The van der Waals surface area contributed by atoms with Crippen molar-refractivity contribution in [1.29, 1.82) is 0 Å². The Kier molecular flexibility index (Phi) is 5.57. The monoisotopic (exact) mass is 323 g/mol. The number of likely N-dealkylation sites (N-methyl/N-ethyl adjacent to an activating group) is 1. The molecule has 1 aromatic carbocycles. The van der Waals surface area contributed by atoms with E-state index in [2.05, 4.69) is 28.5 Å². The molecule has 1 N–H and O–H groups in total. The number of aryl methyl sites for hydroxylation is 2. The van der Waals surface area contributed by atoms with Crippen LogP contribution in [0.1, 0.15) is 35.5 Å². The van der Waals surface area contributed by atoms with Gasteiger partial charge >= 0.3 is 0 Å². The van der Waals surface area contributed by atoms with E-state index in [0.717, 1.165) is 29.8 Å². The zero-order valence-corrected chi connectivity index (χ0v) is 14.0. The molecule has 0 fully saturated rings. The quantitative estimate of drug-likeness (QED) is 0.897. The predicted octanol–water partition coefficient (Wildman–Crippen LogP) is 4.16. The largest absolute Gasteiger partial charge is 0.313 e. The summed E-state index contributed by atoms with van der Waals surface area (Å²) in [5, 5.41) is 13.1. The Balaban J connectivity index is 2.34. The summed E-state index contributed by atoms with van der Waals surface area (Å²) in [6.07, 6.45) is 1.64. The third-order valence-electron chi connectivity index (χ3n) is 3.52. The Morgan fingerprint density at radius 1 is 1.19 bits per heavy atom. The molecule has 0 radical (unpaired) electrons. The second-order valence-electron chi connectivity index (χ2n) is 5.02. The number of nitrogens with one attached hydrogen (secondary N) is 1. The highest BCUT2D eigenvalue weighted by Crippen LogP contribution is 2.27. The van der Waals surface area contributed by atoms with Gasteiger partial charge in [0.25, 0.3) is 0 Å². The first-order chi connectivity index (χ1) is 10.0. The molecule has 0 aliphatic carbocycles. The van der Waals surface area contributed by atoms with Gasteiger partial charge in [-0.3, -0.25) is 0 Å². The molecule has 3 nitrogen and oxygen atoms in total. The molecule has 0 bridgehead atoms. The van der Waals surface area contributed by atoms with E-state index in [0.29, 0.717) is 10.0 Å². The van der Waals surface area contributed by atoms with Crippen molar-refractivity contribution in [2.45, 2.75) is 32.7 Å². The van der Waals surface area contributed by atoms with Gasteiger partial charge in [-0.2, -0.15) is 10.2 Å². The maximum Gasteiger partial charge on any atom is 0.0676 e. The van der Waals surface area contributed by atoms with Crippen molar-refractivity contribution in [2.24, 2.45) is 0 Å². The molecule has 1 heterocycles. The van der Waals surface area contributed by atoms with Crippen molar-refractivity contribution in [3.05, 3.63) is 56.8 Å². The average molecular weight is 324 g/mol. The van der Waals surface area contributed by atoms with E-state index in [1.54, 1.807) is 6.07 Å². The summed E-state index contributed by atoms with van der Waals surface area (Å²) in [6, 6.07) is 7.86. The van der Waals surface area contributed by atoms with Crippen LogP contribution in [-0.2, 0) is 12.8 Å². The van der Waals surface area contributed by atoms with E-state index in [9.17, 15) is 0 Å². The average Bonchev–Trinajstić information content (AvgIpc) is 2.46. The number of benzene rings is 1. The fourth-order valence-corrected chi connectivity index (χ4v) is 2.87. The van der Waals surface area contributed by atoms with E-state index >= 15 is 0 Å². The second-order valence-corrected chi connectivity index (χ2v) is 5.87. The van der Waals surface area contributed by atoms with Crippen molar-refractivity contribution >= 4 is 23.2 Å². The van der Waals surface area contributed by atoms with Gasteiger partial charge in [-0.25, -0.2) is 0 Å². The van der Waals surface area contributed by atoms with Crippen LogP contribution in [0.5, 0.6) is 0 Å². The molecule has 1 unspecified atom stereocenters. The summed E-state index contributed by atoms with van der Waals surface area (Å²) >= 11 is 12.2. The minimum absolute atomic E-state index is 0.146. The Morgan fingerprint density at radius 3 is 2.57 bits per heavy atom. The summed E-state index contributed by atoms with van der Waals surface area (Å²) < 4.78 is 0. The van der Waals surface area contributed by atoms with Crippen LogP contribution in [0.2, 0.25) is 10.0 Å². The number of hydrogen-bond acceptors (Lipinski definition) is 3. The van der Waals surface area contributed by atoms with E-state index in [1.807, 2.05) is 26.1 Å². The van der Waals surface area contributed by atoms with Gasteiger partial charge in [-0.05, 0) is 56.1 Å². The highest BCUT2D eigenvalue weighted by Gasteiger charge is 2.17. The molecule has 5 heteroatoms. The van der Waals surface area contributed by atoms with Crippen LogP contribution >= 0.6 is 23.2 Å². The standard InChI is InChI=1S/C16H19Cl2N3/c1-4-15-13(7-10(2)20-21-15)16(19-3)8-11-5-6-12(17)9-14(11)18/h5-7,9,16,19H,4,8H2,1-3H3. The number of aromatic nitrogens is 2. The van der Waals surface area contributed by atoms with Gasteiger partial charge in [0.2, 0.25) is 0 Å². The summed E-state index contributed by atoms with van der Waals surface area (Å²) in [7, 11) is 1.95. The first-order valence-corrected chi connectivity index (χ1v) is 7.75. The lowest BCUT2D eigenvalue weighted by molar-refractivity contribution is 0.579. The van der Waals surface area contributed by atoms with Gasteiger partial charge in [-0.15, -0.1) is 0 Å². The van der Waals surface area contributed by atoms with Crippen LogP contribution in [0.15, 0.2) is 24.3 Å². The third kappa shape index (κ3) is 3.94. The fourth-order valence-electron chi connectivity index (χ4n) is 2.39. The van der Waals surface area contributed by atoms with Crippen LogP contribution in [0.4, 0.5) is 0 Å².